The molecule has 2 rings (SSSR count). The molecule has 0 aliphatic heterocycles. The highest BCUT2D eigenvalue weighted by atomic mass is 79.9. The second-order valence-corrected chi connectivity index (χ2v) is 5.30. The van der Waals surface area contributed by atoms with Gasteiger partial charge in [0, 0.05) is 6.04 Å². The van der Waals surface area contributed by atoms with Gasteiger partial charge < -0.3 is 5.73 Å². The van der Waals surface area contributed by atoms with Gasteiger partial charge in [0.25, 0.3) is 0 Å². The molecule has 0 radical (unpaired) electrons. The van der Waals surface area contributed by atoms with Crippen LogP contribution in [-0.4, -0.2) is 6.04 Å². The third-order valence-corrected chi connectivity index (χ3v) is 3.79. The van der Waals surface area contributed by atoms with Crippen LogP contribution in [0.2, 0.25) is 0 Å². The lowest BCUT2D eigenvalue weighted by Crippen LogP contribution is -2.25. The quantitative estimate of drug-likeness (QED) is 0.908. The summed E-state index contributed by atoms with van der Waals surface area (Å²) in [6.07, 6.45) is 1.09. The standard InChI is InChI=1S/C15H14BrF2N/c16-15-11(4-2-6-14(15)18)9-13(19)8-10-3-1-5-12(17)7-10/h1-7,13H,8-9,19H2. The summed E-state index contributed by atoms with van der Waals surface area (Å²) >= 11 is 3.22. The maximum absolute atomic E-state index is 13.4. The van der Waals surface area contributed by atoms with Gasteiger partial charge in [-0.2, -0.15) is 0 Å². The van der Waals surface area contributed by atoms with E-state index in [1.165, 1.54) is 18.2 Å². The summed E-state index contributed by atoms with van der Waals surface area (Å²) in [5.41, 5.74) is 7.71. The molecule has 1 atom stereocenters. The minimum Gasteiger partial charge on any atom is -0.327 e. The topological polar surface area (TPSA) is 26.0 Å². The van der Waals surface area contributed by atoms with Crippen molar-refractivity contribution >= 4 is 15.9 Å². The summed E-state index contributed by atoms with van der Waals surface area (Å²) in [5, 5.41) is 0. The van der Waals surface area contributed by atoms with E-state index in [1.54, 1.807) is 12.1 Å². The Labute approximate surface area is 119 Å². The lowest BCUT2D eigenvalue weighted by Gasteiger charge is -2.13. The van der Waals surface area contributed by atoms with Gasteiger partial charge in [0.05, 0.1) is 4.47 Å². The Morgan fingerprint density at radius 1 is 1.05 bits per heavy atom. The Balaban J connectivity index is 2.05. The molecule has 4 heteroatoms. The minimum atomic E-state index is -0.296. The highest BCUT2D eigenvalue weighted by Crippen LogP contribution is 2.22. The summed E-state index contributed by atoms with van der Waals surface area (Å²) in [6, 6.07) is 11.1. The fourth-order valence-corrected chi connectivity index (χ4v) is 2.45. The first-order valence-electron chi connectivity index (χ1n) is 5.99. The molecule has 2 N–H and O–H groups in total. The van der Waals surface area contributed by atoms with Crippen molar-refractivity contribution in [1.29, 1.82) is 0 Å². The van der Waals surface area contributed by atoms with E-state index in [0.29, 0.717) is 17.3 Å². The van der Waals surface area contributed by atoms with Crippen LogP contribution in [0.3, 0.4) is 0 Å². The Hall–Kier alpha value is -1.26. The molecular formula is C15H14BrF2N. The second kappa shape index (κ2) is 6.26. The van der Waals surface area contributed by atoms with Crippen LogP contribution in [0.5, 0.6) is 0 Å². The van der Waals surface area contributed by atoms with Crippen molar-refractivity contribution in [2.75, 3.05) is 0 Å². The van der Waals surface area contributed by atoms with E-state index in [1.807, 2.05) is 12.1 Å². The van der Waals surface area contributed by atoms with Crippen molar-refractivity contribution in [3.63, 3.8) is 0 Å². The van der Waals surface area contributed by atoms with Crippen LogP contribution in [0.4, 0.5) is 8.78 Å². The van der Waals surface area contributed by atoms with E-state index in [9.17, 15) is 8.78 Å². The number of rotatable bonds is 4. The predicted molar refractivity (Wildman–Crippen MR) is 75.9 cm³/mol. The Morgan fingerprint density at radius 3 is 2.53 bits per heavy atom. The first-order chi connectivity index (χ1) is 9.06. The molecular weight excluding hydrogens is 312 g/mol. The van der Waals surface area contributed by atoms with E-state index >= 15 is 0 Å². The van der Waals surface area contributed by atoms with Gasteiger partial charge >= 0.3 is 0 Å². The smallest absolute Gasteiger partial charge is 0.137 e. The van der Waals surface area contributed by atoms with Crippen LogP contribution < -0.4 is 5.73 Å². The van der Waals surface area contributed by atoms with Crippen LogP contribution in [-0.2, 0) is 12.8 Å². The van der Waals surface area contributed by atoms with Crippen molar-refractivity contribution in [2.24, 2.45) is 5.73 Å². The third-order valence-electron chi connectivity index (χ3n) is 2.90. The molecule has 1 nitrogen and oxygen atoms in total. The summed E-state index contributed by atoms with van der Waals surface area (Å²) in [5.74, 6) is -0.563. The average molecular weight is 326 g/mol. The van der Waals surface area contributed by atoms with Crippen molar-refractivity contribution in [3.05, 3.63) is 69.7 Å². The fourth-order valence-electron chi connectivity index (χ4n) is 2.03. The second-order valence-electron chi connectivity index (χ2n) is 4.51. The van der Waals surface area contributed by atoms with Crippen molar-refractivity contribution < 1.29 is 8.78 Å². The van der Waals surface area contributed by atoms with Crippen LogP contribution in [0.1, 0.15) is 11.1 Å². The summed E-state index contributed by atoms with van der Waals surface area (Å²) < 4.78 is 26.9. The van der Waals surface area contributed by atoms with Crippen LogP contribution in [0.15, 0.2) is 46.9 Å². The van der Waals surface area contributed by atoms with Gasteiger partial charge in [-0.05, 0) is 58.1 Å². The maximum atomic E-state index is 13.4. The molecule has 19 heavy (non-hydrogen) atoms. The number of halogens is 3. The summed E-state index contributed by atoms with van der Waals surface area (Å²) in [7, 11) is 0. The van der Waals surface area contributed by atoms with Gasteiger partial charge in [-0.25, -0.2) is 8.78 Å². The van der Waals surface area contributed by atoms with Gasteiger partial charge in [-0.1, -0.05) is 24.3 Å². The molecule has 0 bridgehead atoms. The largest absolute Gasteiger partial charge is 0.327 e. The zero-order valence-corrected chi connectivity index (χ0v) is 11.8. The Bertz CT molecular complexity index is 572. The average Bonchev–Trinajstić information content (AvgIpc) is 2.35. The molecule has 0 saturated heterocycles. The highest BCUT2D eigenvalue weighted by molar-refractivity contribution is 9.10. The lowest BCUT2D eigenvalue weighted by molar-refractivity contribution is 0.607. The molecule has 0 amide bonds. The Morgan fingerprint density at radius 2 is 1.79 bits per heavy atom. The number of benzene rings is 2. The van der Waals surface area contributed by atoms with Crippen LogP contribution >= 0.6 is 15.9 Å². The molecule has 2 aromatic rings. The number of hydrogen-bond acceptors (Lipinski definition) is 1. The monoisotopic (exact) mass is 325 g/mol. The molecule has 2 aromatic carbocycles. The number of nitrogens with two attached hydrogens (primary N) is 1. The number of hydrogen-bond donors (Lipinski definition) is 1. The highest BCUT2D eigenvalue weighted by Gasteiger charge is 2.10. The third kappa shape index (κ3) is 3.85. The van der Waals surface area contributed by atoms with E-state index in [2.05, 4.69) is 15.9 Å². The van der Waals surface area contributed by atoms with E-state index in [0.717, 1.165) is 11.1 Å². The zero-order chi connectivity index (χ0) is 13.8. The van der Waals surface area contributed by atoms with Crippen LogP contribution in [0.25, 0.3) is 0 Å². The first kappa shape index (κ1) is 14.2. The van der Waals surface area contributed by atoms with Gasteiger partial charge in [-0.3, -0.25) is 0 Å². The molecule has 0 aliphatic carbocycles. The Kier molecular flexibility index (Phi) is 4.66. The van der Waals surface area contributed by atoms with Crippen LogP contribution in [0, 0.1) is 11.6 Å². The normalized spacial score (nSPS) is 12.4. The predicted octanol–water partition coefficient (Wildman–Crippen LogP) is 3.84. The van der Waals surface area contributed by atoms with Gasteiger partial charge in [0.2, 0.25) is 0 Å². The van der Waals surface area contributed by atoms with Crippen molar-refractivity contribution in [3.8, 4) is 0 Å². The van der Waals surface area contributed by atoms with Gasteiger partial charge in [0.15, 0.2) is 0 Å². The van der Waals surface area contributed by atoms with Crippen molar-refractivity contribution in [2.45, 2.75) is 18.9 Å². The molecule has 0 aliphatic rings. The van der Waals surface area contributed by atoms with E-state index < -0.39 is 0 Å². The van der Waals surface area contributed by atoms with Crippen molar-refractivity contribution in [1.82, 2.24) is 0 Å². The molecule has 0 saturated carbocycles. The molecule has 1 unspecified atom stereocenters. The molecule has 0 fully saturated rings. The summed E-state index contributed by atoms with van der Waals surface area (Å²) in [6.45, 7) is 0. The molecule has 0 heterocycles. The van der Waals surface area contributed by atoms with E-state index in [-0.39, 0.29) is 17.7 Å². The summed E-state index contributed by atoms with van der Waals surface area (Å²) in [4.78, 5) is 0. The molecule has 100 valence electrons. The van der Waals surface area contributed by atoms with E-state index in [4.69, 9.17) is 5.73 Å². The maximum Gasteiger partial charge on any atom is 0.137 e. The lowest BCUT2D eigenvalue weighted by atomic mass is 10.00. The first-order valence-corrected chi connectivity index (χ1v) is 6.78. The van der Waals surface area contributed by atoms with Gasteiger partial charge in [-0.15, -0.1) is 0 Å². The molecule has 0 aromatic heterocycles. The zero-order valence-electron chi connectivity index (χ0n) is 10.2. The SMILES string of the molecule is NC(Cc1cccc(F)c1)Cc1cccc(F)c1Br. The minimum absolute atomic E-state index is 0.181. The van der Waals surface area contributed by atoms with Gasteiger partial charge in [0.1, 0.15) is 11.6 Å². The molecule has 0 spiro atoms. The fraction of sp³-hybridized carbons (Fsp3) is 0.200.